The Morgan fingerprint density at radius 1 is 1.07 bits per heavy atom. The number of rotatable bonds is 5. The van der Waals surface area contributed by atoms with E-state index in [1.165, 1.54) is 0 Å². The first-order valence-electron chi connectivity index (χ1n) is 9.51. The average molecular weight is 434 g/mol. The number of aromatic amines is 1. The van der Waals surface area contributed by atoms with Crippen molar-refractivity contribution < 1.29 is 22.0 Å². The smallest absolute Gasteiger partial charge is 0.246 e. The van der Waals surface area contributed by atoms with Gasteiger partial charge >= 0.3 is 0 Å². The van der Waals surface area contributed by atoms with E-state index in [0.29, 0.717) is 12.5 Å². The number of aryl methyl sites for hydroxylation is 1. The van der Waals surface area contributed by atoms with Crippen LogP contribution in [0.3, 0.4) is 0 Å². The number of carbonyl (C=O) groups is 1. The zero-order chi connectivity index (χ0) is 21.3. The maximum absolute atomic E-state index is 13.9. The number of fused-ring (bicyclic) bond motifs is 1. The van der Waals surface area contributed by atoms with Crippen LogP contribution < -0.4 is 0 Å². The number of aromatic nitrogens is 2. The quantitative estimate of drug-likeness (QED) is 0.668. The van der Waals surface area contributed by atoms with Crippen LogP contribution in [0.5, 0.6) is 0 Å². The number of sulfonamides is 1. The third-order valence-electron chi connectivity index (χ3n) is 5.12. The van der Waals surface area contributed by atoms with Crippen molar-refractivity contribution in [3.05, 3.63) is 59.9 Å². The van der Waals surface area contributed by atoms with Crippen molar-refractivity contribution >= 4 is 27.0 Å². The highest BCUT2D eigenvalue weighted by Gasteiger charge is 2.32. The highest BCUT2D eigenvalue weighted by Crippen LogP contribution is 2.22. The minimum Gasteiger partial charge on any atom is -0.342 e. The van der Waals surface area contributed by atoms with Gasteiger partial charge in [-0.2, -0.15) is 4.31 Å². The SMILES string of the molecule is O=C(CCc1nc2ccccc2[nH]1)N1CCN(S(=O)(=O)c2ccc(F)cc2F)CC1. The summed E-state index contributed by atoms with van der Waals surface area (Å²) in [7, 11) is -4.09. The summed E-state index contributed by atoms with van der Waals surface area (Å²) in [5, 5.41) is 0. The normalized spacial score (nSPS) is 15.6. The molecule has 1 aromatic heterocycles. The monoisotopic (exact) mass is 434 g/mol. The molecule has 0 atom stereocenters. The van der Waals surface area contributed by atoms with Gasteiger partial charge in [0.15, 0.2) is 0 Å². The van der Waals surface area contributed by atoms with Crippen LogP contribution in [0.1, 0.15) is 12.2 Å². The summed E-state index contributed by atoms with van der Waals surface area (Å²) in [5.41, 5.74) is 1.75. The number of H-pyrrole nitrogens is 1. The predicted octanol–water partition coefficient (Wildman–Crippen LogP) is 2.31. The molecule has 0 unspecified atom stereocenters. The van der Waals surface area contributed by atoms with Crippen molar-refractivity contribution in [2.75, 3.05) is 26.2 Å². The Morgan fingerprint density at radius 2 is 1.80 bits per heavy atom. The number of hydrogen-bond donors (Lipinski definition) is 1. The first kappa shape index (κ1) is 20.4. The largest absolute Gasteiger partial charge is 0.342 e. The molecule has 7 nitrogen and oxygen atoms in total. The molecule has 30 heavy (non-hydrogen) atoms. The number of carbonyl (C=O) groups excluding carboxylic acids is 1. The van der Waals surface area contributed by atoms with Crippen molar-refractivity contribution in [3.8, 4) is 0 Å². The molecule has 0 radical (unpaired) electrons. The Bertz CT molecular complexity index is 1150. The first-order chi connectivity index (χ1) is 14.3. The lowest BCUT2D eigenvalue weighted by atomic mass is 10.2. The molecule has 0 saturated carbocycles. The van der Waals surface area contributed by atoms with E-state index >= 15 is 0 Å². The Balaban J connectivity index is 1.35. The van der Waals surface area contributed by atoms with Crippen molar-refractivity contribution in [2.24, 2.45) is 0 Å². The molecule has 1 N–H and O–H groups in total. The third-order valence-corrected chi connectivity index (χ3v) is 7.05. The molecule has 2 heterocycles. The van der Waals surface area contributed by atoms with Crippen LogP contribution in [0.2, 0.25) is 0 Å². The van der Waals surface area contributed by atoms with Gasteiger partial charge in [-0.05, 0) is 24.3 Å². The van der Waals surface area contributed by atoms with Gasteiger partial charge in [-0.15, -0.1) is 0 Å². The summed E-state index contributed by atoms with van der Waals surface area (Å²) in [5.74, 6) is -1.34. The molecule has 1 saturated heterocycles. The number of piperazine rings is 1. The van der Waals surface area contributed by atoms with Gasteiger partial charge in [0.1, 0.15) is 22.4 Å². The summed E-state index contributed by atoms with van der Waals surface area (Å²) >= 11 is 0. The number of amides is 1. The molecular weight excluding hydrogens is 414 g/mol. The highest BCUT2D eigenvalue weighted by atomic mass is 32.2. The van der Waals surface area contributed by atoms with E-state index in [4.69, 9.17) is 0 Å². The maximum Gasteiger partial charge on any atom is 0.246 e. The number of nitrogens with zero attached hydrogens (tertiary/aromatic N) is 3. The van der Waals surface area contributed by atoms with Crippen LogP contribution in [0.25, 0.3) is 11.0 Å². The van der Waals surface area contributed by atoms with E-state index in [1.54, 1.807) is 4.90 Å². The van der Waals surface area contributed by atoms with Crippen molar-refractivity contribution in [2.45, 2.75) is 17.7 Å². The fraction of sp³-hybridized carbons (Fsp3) is 0.300. The van der Waals surface area contributed by atoms with Crippen LogP contribution in [0, 0.1) is 11.6 Å². The van der Waals surface area contributed by atoms with Gasteiger partial charge in [0.25, 0.3) is 0 Å². The van der Waals surface area contributed by atoms with Crippen molar-refractivity contribution in [1.29, 1.82) is 0 Å². The molecular formula is C20H20F2N4O3S. The second-order valence-electron chi connectivity index (χ2n) is 7.06. The topological polar surface area (TPSA) is 86.4 Å². The molecule has 0 bridgehead atoms. The third kappa shape index (κ3) is 4.05. The van der Waals surface area contributed by atoms with Gasteiger partial charge in [0.2, 0.25) is 15.9 Å². The minimum absolute atomic E-state index is 0.0511. The van der Waals surface area contributed by atoms with E-state index in [2.05, 4.69) is 9.97 Å². The van der Waals surface area contributed by atoms with Gasteiger partial charge in [-0.25, -0.2) is 22.2 Å². The van der Waals surface area contributed by atoms with Gasteiger partial charge in [0.05, 0.1) is 11.0 Å². The second-order valence-corrected chi connectivity index (χ2v) is 8.97. The number of nitrogens with one attached hydrogen (secondary N) is 1. The molecule has 1 aliphatic rings. The van der Waals surface area contributed by atoms with E-state index in [9.17, 15) is 22.0 Å². The number of imidazole rings is 1. The molecule has 10 heteroatoms. The molecule has 0 aliphatic carbocycles. The van der Waals surface area contributed by atoms with Gasteiger partial charge in [0, 0.05) is 45.1 Å². The molecule has 2 aromatic carbocycles. The number of para-hydroxylation sites is 2. The van der Waals surface area contributed by atoms with E-state index in [1.807, 2.05) is 24.3 Å². The Labute approximate surface area is 172 Å². The standard InChI is InChI=1S/C20H20F2N4O3S/c21-14-5-6-18(15(22)13-14)30(28,29)26-11-9-25(10-12-26)20(27)8-7-19-23-16-3-1-2-4-17(16)24-19/h1-6,13H,7-12H2,(H,23,24). The summed E-state index contributed by atoms with van der Waals surface area (Å²) in [6, 6.07) is 9.98. The zero-order valence-corrected chi connectivity index (χ0v) is 16.8. The van der Waals surface area contributed by atoms with Gasteiger partial charge in [-0.3, -0.25) is 4.79 Å². The molecule has 1 fully saturated rings. The fourth-order valence-electron chi connectivity index (χ4n) is 3.51. The molecule has 4 rings (SSSR count). The Hall–Kier alpha value is -2.85. The first-order valence-corrected chi connectivity index (χ1v) is 11.0. The van der Waals surface area contributed by atoms with Crippen LogP contribution in [0.4, 0.5) is 8.78 Å². The van der Waals surface area contributed by atoms with Crippen LogP contribution in [-0.4, -0.2) is 59.7 Å². The maximum atomic E-state index is 13.9. The molecule has 1 amide bonds. The van der Waals surface area contributed by atoms with E-state index < -0.39 is 26.6 Å². The van der Waals surface area contributed by atoms with E-state index in [0.717, 1.165) is 33.3 Å². The number of benzene rings is 2. The summed E-state index contributed by atoms with van der Waals surface area (Å²) < 4.78 is 53.4. The second kappa shape index (κ2) is 8.11. The molecule has 0 spiro atoms. The molecule has 158 valence electrons. The van der Waals surface area contributed by atoms with Crippen LogP contribution >= 0.6 is 0 Å². The number of hydrogen-bond acceptors (Lipinski definition) is 4. The lowest BCUT2D eigenvalue weighted by Gasteiger charge is -2.34. The predicted molar refractivity (Wildman–Crippen MR) is 106 cm³/mol. The Morgan fingerprint density at radius 3 is 2.50 bits per heavy atom. The zero-order valence-electron chi connectivity index (χ0n) is 16.0. The summed E-state index contributed by atoms with van der Waals surface area (Å²) in [6.07, 6.45) is 0.700. The van der Waals surface area contributed by atoms with Gasteiger partial charge < -0.3 is 9.88 Å². The summed E-state index contributed by atoms with van der Waals surface area (Å²) in [4.78, 5) is 21.2. The average Bonchev–Trinajstić information content (AvgIpc) is 3.15. The molecule has 3 aromatic rings. The van der Waals surface area contributed by atoms with Gasteiger partial charge in [-0.1, -0.05) is 12.1 Å². The fourth-order valence-corrected chi connectivity index (χ4v) is 4.98. The minimum atomic E-state index is -4.09. The van der Waals surface area contributed by atoms with Crippen molar-refractivity contribution in [3.63, 3.8) is 0 Å². The highest BCUT2D eigenvalue weighted by molar-refractivity contribution is 7.89. The van der Waals surface area contributed by atoms with Crippen molar-refractivity contribution in [1.82, 2.24) is 19.2 Å². The number of halogens is 2. The van der Waals surface area contributed by atoms with E-state index in [-0.39, 0.29) is 38.5 Å². The van der Waals surface area contributed by atoms with Crippen LogP contribution in [-0.2, 0) is 21.2 Å². The lowest BCUT2D eigenvalue weighted by Crippen LogP contribution is -2.50. The lowest BCUT2D eigenvalue weighted by molar-refractivity contribution is -0.132. The molecule has 1 aliphatic heterocycles. The summed E-state index contributed by atoms with van der Waals surface area (Å²) in [6.45, 7) is 0.521. The van der Waals surface area contributed by atoms with Crippen LogP contribution in [0.15, 0.2) is 47.4 Å². The Kier molecular flexibility index (Phi) is 5.52.